The van der Waals surface area contributed by atoms with E-state index in [0.717, 1.165) is 12.8 Å². The van der Waals surface area contributed by atoms with Gasteiger partial charge < -0.3 is 0 Å². The molecule has 4 heteroatoms. The van der Waals surface area contributed by atoms with Crippen LogP contribution in [0.5, 0.6) is 0 Å². The van der Waals surface area contributed by atoms with Crippen LogP contribution in [0.1, 0.15) is 24.0 Å². The molecule has 2 aliphatic rings. The van der Waals surface area contributed by atoms with Gasteiger partial charge in [0.1, 0.15) is 0 Å². The van der Waals surface area contributed by atoms with Crippen LogP contribution in [-0.4, -0.2) is 12.2 Å². The third-order valence-electron chi connectivity index (χ3n) is 9.24. The Morgan fingerprint density at radius 3 is 1.41 bits per heavy atom. The summed E-state index contributed by atoms with van der Waals surface area (Å²) in [5, 5.41) is 5.33. The molecule has 0 atom stereocenters. The molecular weight excluding hydrogens is 766 g/mol. The second kappa shape index (κ2) is 11.7. The van der Waals surface area contributed by atoms with Crippen molar-refractivity contribution in [1.29, 1.82) is 0 Å². The summed E-state index contributed by atoms with van der Waals surface area (Å²) in [5.41, 5.74) is 5.53. The first-order valence-electron chi connectivity index (χ1n) is 13.9. The molecule has 0 saturated heterocycles. The summed E-state index contributed by atoms with van der Waals surface area (Å²) < 4.78 is 7.79. The normalized spacial score (nSPS) is 15.0. The monoisotopic (exact) mass is 802 g/mol. The molecule has 0 unspecified atom stereocenters. The molecule has 2 aliphatic carbocycles. The molecule has 5 aromatic carbocycles. The Morgan fingerprint density at radius 2 is 0.927 bits per heavy atom. The molecule has 0 aromatic heterocycles. The van der Waals surface area contributed by atoms with Crippen LogP contribution in [0.2, 0.25) is 4.68 Å². The molecule has 0 fully saturated rings. The van der Waals surface area contributed by atoms with E-state index in [9.17, 15) is 0 Å². The Morgan fingerprint density at radius 1 is 0.512 bits per heavy atom. The van der Waals surface area contributed by atoms with Crippen LogP contribution < -0.4 is 3.32 Å². The summed E-state index contributed by atoms with van der Waals surface area (Å²) in [7, 11) is 0. The van der Waals surface area contributed by atoms with Crippen LogP contribution >= 0.6 is 24.8 Å². The SMILES string of the molecule is Cl.Cl.[CH3][Hf](=[GeH2])([C]1=CC(c2cccc3ccccc23)=CC1)([C]1=CC(c2cccc3ccccc23)=CC1)[c]1ccccc1. The maximum atomic E-state index is 2.73. The van der Waals surface area contributed by atoms with Crippen molar-refractivity contribution in [3.05, 3.63) is 157 Å². The number of fused-ring (bicyclic) bond motifs is 2. The van der Waals surface area contributed by atoms with Crippen molar-refractivity contribution >= 4 is 73.0 Å². The van der Waals surface area contributed by atoms with Crippen LogP contribution in [0.25, 0.3) is 32.7 Å². The van der Waals surface area contributed by atoms with Gasteiger partial charge in [0.2, 0.25) is 0 Å². The molecule has 0 radical (unpaired) electrons. The molecule has 0 bridgehead atoms. The molecule has 0 saturated carbocycles. The minimum absolute atomic E-state index is 0. The van der Waals surface area contributed by atoms with E-state index in [-0.39, 0.29) is 24.8 Å². The summed E-state index contributed by atoms with van der Waals surface area (Å²) >= 11 is -2.51. The Bertz CT molecular complexity index is 1850. The molecule has 0 aliphatic heterocycles. The second-order valence-corrected chi connectivity index (χ2v) is 63.0. The van der Waals surface area contributed by atoms with Gasteiger partial charge in [0.15, 0.2) is 0 Å². The van der Waals surface area contributed by atoms with Gasteiger partial charge in [0, 0.05) is 0 Å². The Balaban J connectivity index is 0.00000169. The van der Waals surface area contributed by atoms with Crippen LogP contribution in [0, 0.1) is 0 Å². The number of allylic oxidation sites excluding steroid dienone is 8. The maximum absolute atomic E-state index is 3.85. The van der Waals surface area contributed by atoms with Gasteiger partial charge in [-0.15, -0.1) is 24.8 Å². The minimum atomic E-state index is -3.85. The molecule has 5 aromatic rings. The van der Waals surface area contributed by atoms with Gasteiger partial charge in [0.05, 0.1) is 0 Å². The van der Waals surface area contributed by atoms with Gasteiger partial charge in [-0.3, -0.25) is 0 Å². The molecule has 0 heterocycles. The van der Waals surface area contributed by atoms with Crippen LogP contribution in [0.4, 0.5) is 0 Å². The second-order valence-electron chi connectivity index (χ2n) is 11.5. The zero-order valence-electron chi connectivity index (χ0n) is 23.2. The summed E-state index contributed by atoms with van der Waals surface area (Å²) in [6.07, 6.45) is 12.4. The molecule has 0 nitrogen and oxygen atoms in total. The average Bonchev–Trinajstić information content (AvgIpc) is 3.69. The predicted octanol–water partition coefficient (Wildman–Crippen LogP) is 9.49. The summed E-state index contributed by atoms with van der Waals surface area (Å²) in [6, 6.07) is 42.6. The molecule has 7 rings (SSSR count). The van der Waals surface area contributed by atoms with Crippen LogP contribution in [0.15, 0.2) is 146 Å². The molecule has 41 heavy (non-hydrogen) atoms. The van der Waals surface area contributed by atoms with Crippen LogP contribution in [0.3, 0.4) is 0 Å². The van der Waals surface area contributed by atoms with E-state index in [2.05, 4.69) is 144 Å². The first-order chi connectivity index (χ1) is 19.0. The van der Waals surface area contributed by atoms with Gasteiger partial charge in [-0.1, -0.05) is 0 Å². The topological polar surface area (TPSA) is 0 Å². The number of hydrogen-bond donors (Lipinski definition) is 0. The quantitative estimate of drug-likeness (QED) is 0.156. The summed E-state index contributed by atoms with van der Waals surface area (Å²) in [6.45, 7) is 0. The first kappa shape index (κ1) is 30.0. The van der Waals surface area contributed by atoms with Gasteiger partial charge in [0.25, 0.3) is 0 Å². The standard InChI is InChI=1S/2C15H11.C6H5.CH3.2ClH.GeH2.Hf/c2*1-2-7-12(6-1)15-11-5-9-13-8-3-4-10-14(13)15;1-2-4-6-5-3-1;;;;;/h2*3-11H,1H2;1-5H;1H3;2*1H;1H2;. The van der Waals surface area contributed by atoms with Gasteiger partial charge >= 0.3 is 239 Å². The van der Waals surface area contributed by atoms with E-state index >= 15 is 0 Å². The fourth-order valence-corrected chi connectivity index (χ4v) is 36.0. The number of benzene rings is 5. The van der Waals surface area contributed by atoms with Gasteiger partial charge in [-0.05, 0) is 0 Å². The third-order valence-corrected chi connectivity index (χ3v) is 53.7. The zero-order valence-corrected chi connectivity index (χ0v) is 31.4. The number of hydrogen-bond acceptors (Lipinski definition) is 0. The van der Waals surface area contributed by atoms with Crippen molar-refractivity contribution < 1.29 is 15.4 Å². The molecule has 0 amide bonds. The van der Waals surface area contributed by atoms with Gasteiger partial charge in [-0.25, -0.2) is 0 Å². The number of halogens is 2. The molecule has 0 N–H and O–H groups in total. The Labute approximate surface area is 261 Å². The average molecular weight is 801 g/mol. The van der Waals surface area contributed by atoms with Crippen molar-refractivity contribution in [3.63, 3.8) is 0 Å². The first-order valence-corrected chi connectivity index (χ1v) is 37.6. The van der Waals surface area contributed by atoms with E-state index in [1.807, 2.05) is 0 Å². The molecule has 0 spiro atoms. The fraction of sp³-hybridized carbons (Fsp3) is 0.0811. The van der Waals surface area contributed by atoms with Crippen molar-refractivity contribution in [2.75, 3.05) is 0 Å². The molecular formula is C37H34Cl2GeHf. The predicted molar refractivity (Wildman–Crippen MR) is 184 cm³/mol. The fourth-order valence-electron chi connectivity index (χ4n) is 6.79. The van der Waals surface area contributed by atoms with Gasteiger partial charge in [-0.2, -0.15) is 0 Å². The van der Waals surface area contributed by atoms with Crippen LogP contribution in [-0.2, 0) is 15.4 Å². The summed E-state index contributed by atoms with van der Waals surface area (Å²) in [5.74, 6) is 0. The summed E-state index contributed by atoms with van der Waals surface area (Å²) in [4.78, 5) is 0. The van der Waals surface area contributed by atoms with Crippen molar-refractivity contribution in [3.8, 4) is 0 Å². The van der Waals surface area contributed by atoms with E-state index in [0.29, 0.717) is 0 Å². The van der Waals surface area contributed by atoms with E-state index in [1.54, 1.807) is 9.98 Å². The molecule has 204 valence electrons. The number of rotatable bonds is 5. The zero-order chi connectivity index (χ0) is 26.5. The van der Waals surface area contributed by atoms with E-state index < -0.39 is 15.4 Å². The van der Waals surface area contributed by atoms with E-state index in [4.69, 9.17) is 0 Å². The van der Waals surface area contributed by atoms with Crippen molar-refractivity contribution in [2.45, 2.75) is 17.5 Å². The Kier molecular flexibility index (Phi) is 8.57. The van der Waals surface area contributed by atoms with Crippen molar-refractivity contribution in [1.82, 2.24) is 0 Å². The Hall–Kier alpha value is -2.43. The third kappa shape index (κ3) is 4.99. The van der Waals surface area contributed by atoms with E-state index in [1.165, 1.54) is 56.0 Å². The van der Waals surface area contributed by atoms with Crippen molar-refractivity contribution in [2.24, 2.45) is 0 Å².